The van der Waals surface area contributed by atoms with E-state index in [9.17, 15) is 14.7 Å². The van der Waals surface area contributed by atoms with E-state index in [1.165, 1.54) is 16.2 Å². The quantitative estimate of drug-likeness (QED) is 0.364. The lowest BCUT2D eigenvalue weighted by molar-refractivity contribution is -0.149. The Kier molecular flexibility index (Phi) is 6.70. The number of pyridine rings is 1. The number of urea groups is 1. The number of carboxylic acids is 1. The fraction of sp³-hybridized carbons (Fsp3) is 0.333. The van der Waals surface area contributed by atoms with Crippen molar-refractivity contribution < 1.29 is 14.7 Å². The van der Waals surface area contributed by atoms with Crippen LogP contribution in [0.15, 0.2) is 42.9 Å². The van der Waals surface area contributed by atoms with Crippen molar-refractivity contribution in [1.29, 1.82) is 0 Å². The zero-order valence-corrected chi connectivity index (χ0v) is 22.3. The van der Waals surface area contributed by atoms with Gasteiger partial charge in [-0.2, -0.15) is 0 Å². The third-order valence-corrected chi connectivity index (χ3v) is 8.24. The van der Waals surface area contributed by atoms with Gasteiger partial charge in [0, 0.05) is 49.4 Å². The molecule has 1 aromatic carbocycles. The normalized spacial score (nSPS) is 15.0. The summed E-state index contributed by atoms with van der Waals surface area (Å²) in [6.07, 6.45) is 6.46. The number of carbonyl (C=O) groups is 2. The van der Waals surface area contributed by atoms with Gasteiger partial charge in [-0.3, -0.25) is 14.7 Å². The van der Waals surface area contributed by atoms with Gasteiger partial charge in [0.15, 0.2) is 5.13 Å². The molecule has 1 fully saturated rings. The fourth-order valence-corrected chi connectivity index (χ4v) is 5.69. The van der Waals surface area contributed by atoms with E-state index in [0.717, 1.165) is 38.2 Å². The van der Waals surface area contributed by atoms with Crippen LogP contribution in [0.5, 0.6) is 0 Å². The number of benzene rings is 1. The molecule has 5 rings (SSSR count). The Bertz CT molecular complexity index is 1490. The number of rotatable bonds is 6. The first-order valence-electron chi connectivity index (χ1n) is 12.4. The molecule has 1 aliphatic rings. The molecule has 0 saturated carbocycles. The molecule has 0 spiro atoms. The molecule has 0 radical (unpaired) electrons. The summed E-state index contributed by atoms with van der Waals surface area (Å²) >= 11 is 1.41. The van der Waals surface area contributed by atoms with E-state index in [0.29, 0.717) is 43.6 Å². The largest absolute Gasteiger partial charge is 0.481 e. The number of nitrogens with zero attached hydrogens (tertiary/aromatic N) is 6. The Morgan fingerprint density at radius 1 is 1.11 bits per heavy atom. The Morgan fingerprint density at radius 3 is 2.39 bits per heavy atom. The number of aliphatic carboxylic acids is 1. The van der Waals surface area contributed by atoms with E-state index in [2.05, 4.69) is 15.0 Å². The van der Waals surface area contributed by atoms with Gasteiger partial charge in [-0.05, 0) is 62.9 Å². The highest BCUT2D eigenvalue weighted by atomic mass is 32.1. The number of primary amides is 1. The van der Waals surface area contributed by atoms with Gasteiger partial charge in [-0.1, -0.05) is 17.4 Å². The minimum atomic E-state index is -0.759. The predicted molar refractivity (Wildman–Crippen MR) is 148 cm³/mol. The van der Waals surface area contributed by atoms with Crippen LogP contribution in [0.25, 0.3) is 32.6 Å². The number of piperidine rings is 1. The van der Waals surface area contributed by atoms with Gasteiger partial charge in [-0.25, -0.2) is 19.7 Å². The molecule has 2 amide bonds. The van der Waals surface area contributed by atoms with Crippen LogP contribution in [0.4, 0.5) is 15.9 Å². The molecule has 3 N–H and O–H groups in total. The van der Waals surface area contributed by atoms with Crippen LogP contribution in [0, 0.1) is 12.3 Å². The first kappa shape index (κ1) is 25.5. The van der Waals surface area contributed by atoms with Crippen molar-refractivity contribution in [3.63, 3.8) is 0 Å². The maximum absolute atomic E-state index is 12.0. The molecule has 0 atom stereocenters. The maximum atomic E-state index is 12.0. The lowest BCUT2D eigenvalue weighted by Crippen LogP contribution is -2.43. The average Bonchev–Trinajstić information content (AvgIpc) is 3.33. The minimum Gasteiger partial charge on any atom is -0.481 e. The molecule has 3 aromatic heterocycles. The van der Waals surface area contributed by atoms with Crippen molar-refractivity contribution >= 4 is 44.6 Å². The Hall–Kier alpha value is -4.12. The van der Waals surface area contributed by atoms with Crippen LogP contribution in [-0.2, 0) is 4.79 Å². The molecule has 196 valence electrons. The highest BCUT2D eigenvalue weighted by molar-refractivity contribution is 7.23. The molecule has 0 unspecified atom stereocenters. The number of anilines is 2. The lowest BCUT2D eigenvalue weighted by Gasteiger charge is -2.36. The van der Waals surface area contributed by atoms with Crippen molar-refractivity contribution in [3.05, 3.63) is 48.4 Å². The van der Waals surface area contributed by atoms with Crippen LogP contribution in [-0.4, -0.2) is 56.7 Å². The predicted octanol–water partition coefficient (Wildman–Crippen LogP) is 4.72. The third kappa shape index (κ3) is 4.76. The van der Waals surface area contributed by atoms with E-state index in [1.807, 2.05) is 49.2 Å². The summed E-state index contributed by atoms with van der Waals surface area (Å²) in [6, 6.07) is 7.43. The average molecular weight is 532 g/mol. The molecule has 1 aliphatic heterocycles. The smallest absolute Gasteiger partial charge is 0.321 e. The number of aromatic nitrogens is 4. The summed E-state index contributed by atoms with van der Waals surface area (Å²) in [4.78, 5) is 45.6. The zero-order chi connectivity index (χ0) is 27.0. The van der Waals surface area contributed by atoms with Gasteiger partial charge in [0.1, 0.15) is 0 Å². The molecule has 0 bridgehead atoms. The molecule has 0 aliphatic carbocycles. The number of fused-ring (bicyclic) bond motifs is 1. The summed E-state index contributed by atoms with van der Waals surface area (Å²) in [5, 5.41) is 10.0. The zero-order valence-electron chi connectivity index (χ0n) is 21.5. The fourth-order valence-electron chi connectivity index (χ4n) is 4.55. The lowest BCUT2D eigenvalue weighted by atomic mass is 9.80. The second-order valence-electron chi connectivity index (χ2n) is 9.80. The van der Waals surface area contributed by atoms with Crippen LogP contribution in [0.1, 0.15) is 32.3 Å². The van der Waals surface area contributed by atoms with Gasteiger partial charge in [0.05, 0.1) is 21.3 Å². The Labute approximate surface area is 224 Å². The summed E-state index contributed by atoms with van der Waals surface area (Å²) in [5.41, 5.74) is 10.0. The van der Waals surface area contributed by atoms with Gasteiger partial charge >= 0.3 is 12.0 Å². The standard InChI is InChI=1S/C27H29N7O3S/c1-4-34(24(28)37)26-32-21-12-17(11-19(22(21)38-26)20-6-5-16(2)13-29-20)18-14-30-25(31-15-18)33-9-7-27(3,8-10-33)23(35)36/h5-6,11-15H,4,7-10H2,1-3H3,(H2,28,37)(H,35,36). The number of hydrogen-bond donors (Lipinski definition) is 2. The molecule has 11 heteroatoms. The number of nitrogens with two attached hydrogens (primary N) is 1. The molecule has 4 heterocycles. The number of carboxylic acid groups (broad SMARTS) is 1. The summed E-state index contributed by atoms with van der Waals surface area (Å²) in [5.74, 6) is -0.176. The Balaban J connectivity index is 1.51. The van der Waals surface area contributed by atoms with Crippen LogP contribution < -0.4 is 15.5 Å². The van der Waals surface area contributed by atoms with Gasteiger partial charge in [0.2, 0.25) is 5.95 Å². The molecule has 10 nitrogen and oxygen atoms in total. The number of amides is 2. The molecule has 38 heavy (non-hydrogen) atoms. The second-order valence-corrected chi connectivity index (χ2v) is 10.8. The summed E-state index contributed by atoms with van der Waals surface area (Å²) in [6.45, 7) is 7.23. The monoisotopic (exact) mass is 531 g/mol. The van der Waals surface area contributed by atoms with Crippen LogP contribution in [0.3, 0.4) is 0 Å². The highest BCUT2D eigenvalue weighted by Gasteiger charge is 2.37. The number of aryl methyl sites for hydroxylation is 1. The molecular formula is C27H29N7O3S. The van der Waals surface area contributed by atoms with Crippen molar-refractivity contribution in [2.45, 2.75) is 33.6 Å². The van der Waals surface area contributed by atoms with Crippen molar-refractivity contribution in [1.82, 2.24) is 19.9 Å². The van der Waals surface area contributed by atoms with Gasteiger partial charge in [0.25, 0.3) is 0 Å². The number of hydrogen-bond acceptors (Lipinski definition) is 8. The van der Waals surface area contributed by atoms with E-state index in [1.54, 1.807) is 19.3 Å². The van der Waals surface area contributed by atoms with Gasteiger partial charge < -0.3 is 15.7 Å². The number of carbonyl (C=O) groups excluding carboxylic acids is 1. The summed E-state index contributed by atoms with van der Waals surface area (Å²) in [7, 11) is 0. The minimum absolute atomic E-state index is 0.414. The van der Waals surface area contributed by atoms with E-state index < -0.39 is 17.4 Å². The highest BCUT2D eigenvalue weighted by Crippen LogP contribution is 2.39. The van der Waals surface area contributed by atoms with Gasteiger partial charge in [-0.15, -0.1) is 0 Å². The second kappa shape index (κ2) is 9.97. The Morgan fingerprint density at radius 2 is 1.82 bits per heavy atom. The SMILES string of the molecule is CCN(C(N)=O)c1nc2cc(-c3cnc(N4CCC(C)(C(=O)O)CC4)nc3)cc(-c3ccc(C)cn3)c2s1. The van der Waals surface area contributed by atoms with E-state index in [4.69, 9.17) is 10.7 Å². The first-order chi connectivity index (χ1) is 18.2. The van der Waals surface area contributed by atoms with Crippen LogP contribution in [0.2, 0.25) is 0 Å². The third-order valence-electron chi connectivity index (χ3n) is 7.12. The van der Waals surface area contributed by atoms with Crippen molar-refractivity contribution in [2.24, 2.45) is 11.1 Å². The van der Waals surface area contributed by atoms with Crippen molar-refractivity contribution in [3.8, 4) is 22.4 Å². The maximum Gasteiger partial charge on any atom is 0.321 e. The van der Waals surface area contributed by atoms with Crippen LogP contribution >= 0.6 is 11.3 Å². The molecule has 1 saturated heterocycles. The first-order valence-corrected chi connectivity index (χ1v) is 13.3. The topological polar surface area (TPSA) is 138 Å². The van der Waals surface area contributed by atoms with E-state index in [-0.39, 0.29) is 0 Å². The summed E-state index contributed by atoms with van der Waals surface area (Å²) < 4.78 is 0.909. The molecule has 4 aromatic rings. The number of thiazole rings is 1. The van der Waals surface area contributed by atoms with Crippen molar-refractivity contribution in [2.75, 3.05) is 29.4 Å². The van der Waals surface area contributed by atoms with E-state index >= 15 is 0 Å². The molecular weight excluding hydrogens is 502 g/mol.